The molecule has 0 heterocycles. The second-order valence-electron chi connectivity index (χ2n) is 4.64. The summed E-state index contributed by atoms with van der Waals surface area (Å²) >= 11 is 5.94. The Morgan fingerprint density at radius 3 is 2.33 bits per heavy atom. The van der Waals surface area contributed by atoms with Crippen molar-refractivity contribution in [2.75, 3.05) is 0 Å². The van der Waals surface area contributed by atoms with Crippen LogP contribution in [0.5, 0.6) is 0 Å². The summed E-state index contributed by atoms with van der Waals surface area (Å²) in [4.78, 5) is 0. The average Bonchev–Trinajstić information content (AvgIpc) is 2.09. The van der Waals surface area contributed by atoms with Crippen molar-refractivity contribution >= 4 is 11.6 Å². The molecule has 1 nitrogen and oxygen atoms in total. The molecule has 0 spiro atoms. The maximum Gasteiger partial charge on any atom is 0.0365 e. The van der Waals surface area contributed by atoms with Crippen molar-refractivity contribution in [3.8, 4) is 0 Å². The summed E-state index contributed by atoms with van der Waals surface area (Å²) in [6, 6.07) is 7.34. The van der Waals surface area contributed by atoms with Gasteiger partial charge in [0, 0.05) is 18.0 Å². The Hall–Kier alpha value is -0.530. The van der Waals surface area contributed by atoms with Crippen molar-refractivity contribution < 1.29 is 0 Å². The van der Waals surface area contributed by atoms with Gasteiger partial charge in [-0.25, -0.2) is 0 Å². The summed E-state index contributed by atoms with van der Waals surface area (Å²) < 4.78 is 0. The van der Waals surface area contributed by atoms with Gasteiger partial charge in [0.2, 0.25) is 0 Å². The van der Waals surface area contributed by atoms with Crippen LogP contribution in [0.25, 0.3) is 0 Å². The zero-order chi connectivity index (χ0) is 10.8. The lowest BCUT2D eigenvalue weighted by molar-refractivity contribution is 0.345. The van der Waals surface area contributed by atoms with Gasteiger partial charge in [-0.3, -0.25) is 0 Å². The fourth-order valence-electron chi connectivity index (χ4n) is 2.15. The highest BCUT2D eigenvalue weighted by atomic mass is 35.5. The van der Waals surface area contributed by atoms with Gasteiger partial charge in [-0.15, -0.1) is 11.6 Å². The van der Waals surface area contributed by atoms with Crippen LogP contribution >= 0.6 is 11.6 Å². The van der Waals surface area contributed by atoms with E-state index in [-0.39, 0.29) is 0 Å². The van der Waals surface area contributed by atoms with Gasteiger partial charge in [0.15, 0.2) is 0 Å². The normalized spacial score (nSPS) is 25.0. The molecule has 1 aliphatic rings. The Morgan fingerprint density at radius 2 is 1.80 bits per heavy atom. The number of alkyl halides is 1. The van der Waals surface area contributed by atoms with E-state index in [2.05, 4.69) is 37.4 Å². The van der Waals surface area contributed by atoms with Crippen LogP contribution in [0, 0.1) is 13.8 Å². The monoisotopic (exact) mass is 223 g/mol. The van der Waals surface area contributed by atoms with Crippen LogP contribution in [0.2, 0.25) is 0 Å². The molecular weight excluding hydrogens is 206 g/mol. The molecule has 0 radical (unpaired) electrons. The summed E-state index contributed by atoms with van der Waals surface area (Å²) in [6.45, 7) is 5.26. The summed E-state index contributed by atoms with van der Waals surface area (Å²) in [5.74, 6) is 0. The van der Waals surface area contributed by atoms with E-state index in [1.54, 1.807) is 0 Å². The van der Waals surface area contributed by atoms with E-state index in [9.17, 15) is 0 Å². The molecule has 0 unspecified atom stereocenters. The molecule has 2 heteroatoms. The molecule has 0 aliphatic heterocycles. The summed E-state index contributed by atoms with van der Waals surface area (Å²) in [5, 5.41) is 3.94. The third kappa shape index (κ3) is 2.96. The van der Waals surface area contributed by atoms with E-state index in [1.165, 1.54) is 16.7 Å². The summed E-state index contributed by atoms with van der Waals surface area (Å²) in [5.41, 5.74) is 4.07. The molecule has 82 valence electrons. The molecule has 1 aromatic carbocycles. The highest BCUT2D eigenvalue weighted by molar-refractivity contribution is 6.21. The quantitative estimate of drug-likeness (QED) is 0.777. The van der Waals surface area contributed by atoms with Crippen LogP contribution in [0.3, 0.4) is 0 Å². The lowest BCUT2D eigenvalue weighted by atomic mass is 9.92. The Labute approximate surface area is 96.8 Å². The van der Waals surface area contributed by atoms with Crippen molar-refractivity contribution in [2.45, 2.75) is 44.7 Å². The molecule has 1 saturated carbocycles. The highest BCUT2D eigenvalue weighted by Gasteiger charge is 2.26. The predicted molar refractivity (Wildman–Crippen MR) is 65.4 cm³/mol. The van der Waals surface area contributed by atoms with E-state index in [1.807, 2.05) is 0 Å². The van der Waals surface area contributed by atoms with Gasteiger partial charge in [-0.1, -0.05) is 29.3 Å². The minimum atomic E-state index is 0.404. The van der Waals surface area contributed by atoms with Gasteiger partial charge < -0.3 is 5.32 Å². The van der Waals surface area contributed by atoms with Gasteiger partial charge in [-0.05, 0) is 32.3 Å². The van der Waals surface area contributed by atoms with Gasteiger partial charge in [0.1, 0.15) is 0 Å². The number of benzene rings is 1. The van der Waals surface area contributed by atoms with E-state index in [0.29, 0.717) is 11.4 Å². The Balaban J connectivity index is 1.88. The molecule has 2 rings (SSSR count). The maximum absolute atomic E-state index is 5.94. The van der Waals surface area contributed by atoms with Crippen molar-refractivity contribution in [3.05, 3.63) is 34.9 Å². The lowest BCUT2D eigenvalue weighted by Gasteiger charge is -2.31. The SMILES string of the molecule is Cc1cc(C)cc(CNC2CC(Cl)C2)c1. The van der Waals surface area contributed by atoms with Crippen LogP contribution in [0.1, 0.15) is 29.5 Å². The molecular formula is C13H18ClN. The second-order valence-corrected chi connectivity index (χ2v) is 5.26. The molecule has 15 heavy (non-hydrogen) atoms. The van der Waals surface area contributed by atoms with Crippen LogP contribution in [0.15, 0.2) is 18.2 Å². The van der Waals surface area contributed by atoms with Gasteiger partial charge in [-0.2, -0.15) is 0 Å². The summed E-state index contributed by atoms with van der Waals surface area (Å²) in [6.07, 6.45) is 2.23. The number of aryl methyl sites for hydroxylation is 2. The molecule has 1 aliphatic carbocycles. The standard InChI is InChI=1S/C13H18ClN/c1-9-3-10(2)5-11(4-9)8-15-13-6-12(14)7-13/h3-5,12-13,15H,6-8H2,1-2H3. The van der Waals surface area contributed by atoms with Crippen molar-refractivity contribution in [1.29, 1.82) is 0 Å². The average molecular weight is 224 g/mol. The fourth-order valence-corrected chi connectivity index (χ4v) is 2.58. The molecule has 0 aromatic heterocycles. The van der Waals surface area contributed by atoms with E-state index in [0.717, 1.165) is 19.4 Å². The Bertz CT molecular complexity index is 322. The van der Waals surface area contributed by atoms with Crippen LogP contribution in [0.4, 0.5) is 0 Å². The van der Waals surface area contributed by atoms with Crippen molar-refractivity contribution in [1.82, 2.24) is 5.32 Å². The topological polar surface area (TPSA) is 12.0 Å². The van der Waals surface area contributed by atoms with Crippen LogP contribution < -0.4 is 5.32 Å². The van der Waals surface area contributed by atoms with Gasteiger partial charge in [0.05, 0.1) is 0 Å². The summed E-state index contributed by atoms with van der Waals surface area (Å²) in [7, 11) is 0. The Morgan fingerprint density at radius 1 is 1.20 bits per heavy atom. The second kappa shape index (κ2) is 4.54. The molecule has 1 N–H and O–H groups in total. The van der Waals surface area contributed by atoms with Gasteiger partial charge >= 0.3 is 0 Å². The van der Waals surface area contributed by atoms with E-state index >= 15 is 0 Å². The molecule has 0 amide bonds. The zero-order valence-electron chi connectivity index (χ0n) is 9.39. The number of halogens is 1. The first kappa shape index (κ1) is 11.0. The first-order chi connectivity index (χ1) is 7.13. The molecule has 0 bridgehead atoms. The number of hydrogen-bond acceptors (Lipinski definition) is 1. The third-order valence-corrected chi connectivity index (χ3v) is 3.31. The predicted octanol–water partition coefficient (Wildman–Crippen LogP) is 3.16. The van der Waals surface area contributed by atoms with Crippen molar-refractivity contribution in [3.63, 3.8) is 0 Å². The third-order valence-electron chi connectivity index (χ3n) is 2.96. The van der Waals surface area contributed by atoms with Crippen LogP contribution in [-0.4, -0.2) is 11.4 Å². The zero-order valence-corrected chi connectivity index (χ0v) is 10.1. The molecule has 1 aromatic rings. The van der Waals surface area contributed by atoms with Crippen LogP contribution in [-0.2, 0) is 6.54 Å². The van der Waals surface area contributed by atoms with Crippen molar-refractivity contribution in [2.24, 2.45) is 0 Å². The largest absolute Gasteiger partial charge is 0.310 e. The van der Waals surface area contributed by atoms with Gasteiger partial charge in [0.25, 0.3) is 0 Å². The van der Waals surface area contributed by atoms with E-state index in [4.69, 9.17) is 11.6 Å². The number of rotatable bonds is 3. The smallest absolute Gasteiger partial charge is 0.0365 e. The maximum atomic E-state index is 5.94. The fraction of sp³-hybridized carbons (Fsp3) is 0.538. The number of hydrogen-bond donors (Lipinski definition) is 1. The molecule has 0 atom stereocenters. The Kier molecular flexibility index (Phi) is 3.32. The number of nitrogens with one attached hydrogen (secondary N) is 1. The first-order valence-electron chi connectivity index (χ1n) is 5.58. The molecule has 1 fully saturated rings. The lowest BCUT2D eigenvalue weighted by Crippen LogP contribution is -2.41. The molecule has 0 saturated heterocycles. The van der Waals surface area contributed by atoms with E-state index < -0.39 is 0 Å². The minimum Gasteiger partial charge on any atom is -0.310 e. The first-order valence-corrected chi connectivity index (χ1v) is 6.02. The highest BCUT2D eigenvalue weighted by Crippen LogP contribution is 2.25. The minimum absolute atomic E-state index is 0.404.